The van der Waals surface area contributed by atoms with E-state index in [9.17, 15) is 25.9 Å². The van der Waals surface area contributed by atoms with Crippen LogP contribution in [-0.4, -0.2) is 53.2 Å². The van der Waals surface area contributed by atoms with Crippen molar-refractivity contribution >= 4 is 69.1 Å². The molecular formula is C56H86O6PbS2. The maximum absolute atomic E-state index is 12.0. The molecule has 0 atom stereocenters. The average Bonchev–Trinajstić information content (AvgIpc) is 3.27. The Labute approximate surface area is 418 Å². The van der Waals surface area contributed by atoms with Gasteiger partial charge in [0.15, 0.2) is 0 Å². The van der Waals surface area contributed by atoms with Gasteiger partial charge in [0.05, 0.1) is 9.79 Å². The van der Waals surface area contributed by atoms with Crippen LogP contribution >= 0.6 is 0 Å². The van der Waals surface area contributed by atoms with Gasteiger partial charge in [-0.1, -0.05) is 230 Å². The normalized spacial score (nSPS) is 11.8. The Morgan fingerprint density at radius 3 is 0.877 bits per heavy atom. The van der Waals surface area contributed by atoms with Crippen LogP contribution in [0, 0.1) is 0 Å². The molecule has 0 aliphatic rings. The predicted molar refractivity (Wildman–Crippen MR) is 276 cm³/mol. The van der Waals surface area contributed by atoms with E-state index in [1.807, 2.05) is 12.1 Å². The van der Waals surface area contributed by atoms with Crippen molar-refractivity contribution in [3.63, 3.8) is 0 Å². The van der Waals surface area contributed by atoms with Crippen LogP contribution in [0.4, 0.5) is 0 Å². The number of hydrogen-bond donors (Lipinski definition) is 0. The first kappa shape index (κ1) is 59.3. The van der Waals surface area contributed by atoms with Gasteiger partial charge in [-0.3, -0.25) is 0 Å². The summed E-state index contributed by atoms with van der Waals surface area (Å²) >= 11 is 0. The van der Waals surface area contributed by atoms with E-state index in [0.29, 0.717) is 10.8 Å². The first-order valence-electron chi connectivity index (χ1n) is 25.9. The number of rotatable bonds is 34. The van der Waals surface area contributed by atoms with Gasteiger partial charge in [0.2, 0.25) is 0 Å². The van der Waals surface area contributed by atoms with Crippen molar-refractivity contribution in [1.29, 1.82) is 0 Å². The number of hydrogen-bond acceptors (Lipinski definition) is 6. The van der Waals surface area contributed by atoms with Crippen LogP contribution in [0.3, 0.4) is 0 Å². The molecule has 0 saturated carbocycles. The minimum Gasteiger partial charge on any atom is -0.744 e. The zero-order chi connectivity index (χ0) is 46.5. The van der Waals surface area contributed by atoms with E-state index in [0.717, 1.165) is 86.1 Å². The van der Waals surface area contributed by atoms with E-state index in [2.05, 4.69) is 52.0 Å². The van der Waals surface area contributed by atoms with Crippen LogP contribution in [0.5, 0.6) is 0 Å². The molecule has 0 unspecified atom stereocenters. The third-order valence-corrected chi connectivity index (χ3v) is 14.7. The summed E-state index contributed by atoms with van der Waals surface area (Å²) in [6.07, 6.45) is 38.1. The molecule has 0 fully saturated rings. The first-order valence-corrected chi connectivity index (χ1v) is 28.8. The average molecular weight is 1130 g/mol. The van der Waals surface area contributed by atoms with Crippen molar-refractivity contribution in [1.82, 2.24) is 0 Å². The molecule has 0 spiro atoms. The van der Waals surface area contributed by atoms with Crippen molar-refractivity contribution in [2.45, 2.75) is 243 Å². The summed E-state index contributed by atoms with van der Waals surface area (Å²) in [6, 6.07) is 19.1. The number of benzene rings is 4. The van der Waals surface area contributed by atoms with Gasteiger partial charge < -0.3 is 9.11 Å². The monoisotopic (exact) mass is 1130 g/mol. The summed E-state index contributed by atoms with van der Waals surface area (Å²) in [7, 11) is -9.00. The fraction of sp³-hybridized carbons (Fsp3) is 0.643. The van der Waals surface area contributed by atoms with Gasteiger partial charge >= 0.3 is 27.3 Å². The van der Waals surface area contributed by atoms with Gasteiger partial charge in [0, 0.05) is 0 Å². The Balaban J connectivity index is 0.000000440. The molecule has 0 N–H and O–H groups in total. The van der Waals surface area contributed by atoms with Gasteiger partial charge in [-0.15, -0.1) is 0 Å². The molecule has 65 heavy (non-hydrogen) atoms. The van der Waals surface area contributed by atoms with Gasteiger partial charge in [0.25, 0.3) is 0 Å². The fourth-order valence-corrected chi connectivity index (χ4v) is 10.7. The minimum absolute atomic E-state index is 0. The van der Waals surface area contributed by atoms with Gasteiger partial charge in [-0.25, -0.2) is 16.8 Å². The number of fused-ring (bicyclic) bond motifs is 2. The quantitative estimate of drug-likeness (QED) is 0.0261. The molecule has 4 aromatic carbocycles. The van der Waals surface area contributed by atoms with Crippen LogP contribution in [0.15, 0.2) is 70.5 Å². The first-order chi connectivity index (χ1) is 30.9. The third-order valence-electron chi connectivity index (χ3n) is 13.0. The van der Waals surface area contributed by atoms with Gasteiger partial charge in [-0.05, 0) is 107 Å². The summed E-state index contributed by atoms with van der Waals surface area (Å²) in [5, 5.41) is 3.08. The molecule has 0 saturated heterocycles. The maximum atomic E-state index is 12.0. The Morgan fingerprint density at radius 1 is 0.338 bits per heavy atom. The van der Waals surface area contributed by atoms with Crippen molar-refractivity contribution in [3.05, 3.63) is 82.9 Å². The minimum atomic E-state index is -4.50. The molecule has 362 valence electrons. The molecule has 4 rings (SSSR count). The predicted octanol–water partition coefficient (Wildman–Crippen LogP) is 16.3. The maximum Gasteiger partial charge on any atom is 2.00 e. The van der Waals surface area contributed by atoms with Crippen LogP contribution in [0.25, 0.3) is 21.5 Å². The Bertz CT molecular complexity index is 1960. The largest absolute Gasteiger partial charge is 2.00 e. The smallest absolute Gasteiger partial charge is 0.744 e. The van der Waals surface area contributed by atoms with Gasteiger partial charge in [0.1, 0.15) is 20.2 Å². The topological polar surface area (TPSA) is 114 Å². The van der Waals surface area contributed by atoms with Crippen molar-refractivity contribution in [3.8, 4) is 0 Å². The second kappa shape index (κ2) is 34.4. The molecule has 0 aliphatic heterocycles. The summed E-state index contributed by atoms with van der Waals surface area (Å²) in [5.41, 5.74) is 4.30. The summed E-state index contributed by atoms with van der Waals surface area (Å²) in [4.78, 5) is -0.0938. The van der Waals surface area contributed by atoms with Gasteiger partial charge in [-0.2, -0.15) is 0 Å². The molecule has 9 heteroatoms. The van der Waals surface area contributed by atoms with E-state index in [-0.39, 0.29) is 37.1 Å². The second-order valence-corrected chi connectivity index (χ2v) is 21.3. The van der Waals surface area contributed by atoms with Crippen LogP contribution in [0.1, 0.15) is 230 Å². The Morgan fingerprint density at radius 2 is 0.600 bits per heavy atom. The standard InChI is InChI=1S/2C28H44O3S.Pb/c2*1-3-5-7-9-11-13-15-18-24-22-27-25(19-16-14-12-10-8-6-4-2)20-17-21-26(27)28(23-24)32(29,30)31;/h2*17,20-23H,3-16,18-19H2,1-2H3,(H,29,30,31);/q;;+2/p-2. The Hall–Kier alpha value is -1.86. The van der Waals surface area contributed by atoms with E-state index in [1.165, 1.54) is 152 Å². The SMILES string of the molecule is CCCCCCCCCc1cc(S(=O)(=O)[O-])c2cccc(CCCCCCCCC)c2c1.CCCCCCCCCc1cc(S(=O)(=O)[O-])c2cccc(CCCCCCCCC)c2c1.[Pb+2]. The van der Waals surface area contributed by atoms with Crippen molar-refractivity contribution < 1.29 is 25.9 Å². The summed E-state index contributed by atoms with van der Waals surface area (Å²) in [6.45, 7) is 8.92. The second-order valence-electron chi connectivity index (χ2n) is 18.6. The molecule has 4 aromatic rings. The fourth-order valence-electron chi connectivity index (χ4n) is 9.20. The van der Waals surface area contributed by atoms with Crippen LogP contribution in [-0.2, 0) is 45.9 Å². The molecule has 0 heterocycles. The number of aryl methyl sites for hydroxylation is 4. The molecule has 0 aromatic heterocycles. The third kappa shape index (κ3) is 23.3. The van der Waals surface area contributed by atoms with E-state index in [1.54, 1.807) is 24.3 Å². The molecule has 0 bridgehead atoms. The molecule has 0 amide bonds. The zero-order valence-electron chi connectivity index (χ0n) is 41.2. The summed E-state index contributed by atoms with van der Waals surface area (Å²) < 4.78 is 72.1. The van der Waals surface area contributed by atoms with Crippen molar-refractivity contribution in [2.75, 3.05) is 0 Å². The molecular weight excluding hydrogens is 1040 g/mol. The molecule has 2 radical (unpaired) electrons. The van der Waals surface area contributed by atoms with E-state index in [4.69, 9.17) is 0 Å². The summed E-state index contributed by atoms with van der Waals surface area (Å²) in [5.74, 6) is 0. The van der Waals surface area contributed by atoms with Crippen molar-refractivity contribution in [2.24, 2.45) is 0 Å². The van der Waals surface area contributed by atoms with Crippen LogP contribution in [0.2, 0.25) is 0 Å². The Kier molecular flexibility index (Phi) is 31.4. The van der Waals surface area contributed by atoms with E-state index < -0.39 is 20.2 Å². The number of unbranched alkanes of at least 4 members (excludes halogenated alkanes) is 24. The van der Waals surface area contributed by atoms with Crippen LogP contribution < -0.4 is 0 Å². The zero-order valence-corrected chi connectivity index (χ0v) is 46.7. The van der Waals surface area contributed by atoms with E-state index >= 15 is 0 Å². The molecule has 6 nitrogen and oxygen atoms in total. The molecule has 0 aliphatic carbocycles.